The number of para-hydroxylation sites is 1. The minimum Gasteiger partial charge on any atom is -0.494 e. The van der Waals surface area contributed by atoms with Crippen LogP contribution in [0.3, 0.4) is 0 Å². The summed E-state index contributed by atoms with van der Waals surface area (Å²) < 4.78 is 12.0. The smallest absolute Gasteiger partial charge is 0.277 e. The van der Waals surface area contributed by atoms with Gasteiger partial charge < -0.3 is 14.5 Å². The number of rotatable bonds is 7. The fourth-order valence-electron chi connectivity index (χ4n) is 2.12. The molecule has 6 nitrogen and oxygen atoms in total. The fraction of sp³-hybridized carbons (Fsp3) is 0.167. The van der Waals surface area contributed by atoms with Gasteiger partial charge in [0.1, 0.15) is 5.75 Å². The van der Waals surface area contributed by atoms with Crippen molar-refractivity contribution in [3.05, 3.63) is 52.1 Å². The third-order valence-corrected chi connectivity index (χ3v) is 5.05. The lowest BCUT2D eigenvalue weighted by Crippen LogP contribution is -2.14. The summed E-state index contributed by atoms with van der Waals surface area (Å²) in [5.74, 6) is 1.27. The molecule has 134 valence electrons. The maximum Gasteiger partial charge on any atom is 0.277 e. The Kier molecular flexibility index (Phi) is 6.51. The quantitative estimate of drug-likeness (QED) is 0.397. The monoisotopic (exact) mass is 481 g/mol. The number of hydrogen-bond acceptors (Lipinski definition) is 6. The highest BCUT2D eigenvalue weighted by Gasteiger charge is 2.12. The summed E-state index contributed by atoms with van der Waals surface area (Å²) in [6.45, 7) is 2.55. The molecular formula is C18H16IN3O3S. The van der Waals surface area contributed by atoms with Gasteiger partial charge in [0.25, 0.3) is 5.22 Å². The van der Waals surface area contributed by atoms with Crippen LogP contribution >= 0.6 is 34.4 Å². The van der Waals surface area contributed by atoms with E-state index in [1.807, 2.05) is 55.5 Å². The summed E-state index contributed by atoms with van der Waals surface area (Å²) in [5, 5.41) is 11.2. The zero-order valence-corrected chi connectivity index (χ0v) is 16.9. The molecule has 1 aromatic heterocycles. The number of nitrogens with zero attached hydrogens (tertiary/aromatic N) is 2. The Labute approximate surface area is 168 Å². The molecule has 0 unspecified atom stereocenters. The number of benzene rings is 2. The summed E-state index contributed by atoms with van der Waals surface area (Å²) in [6.07, 6.45) is 0. The number of hydrogen-bond donors (Lipinski definition) is 1. The number of thioether (sulfide) groups is 1. The van der Waals surface area contributed by atoms with E-state index in [1.54, 1.807) is 0 Å². The summed E-state index contributed by atoms with van der Waals surface area (Å²) in [6, 6.07) is 15.0. The Hall–Kier alpha value is -2.07. The third kappa shape index (κ3) is 4.98. The topological polar surface area (TPSA) is 77.2 Å². The number of nitrogens with one attached hydrogen (secondary N) is 1. The Bertz CT molecular complexity index is 883. The van der Waals surface area contributed by atoms with Gasteiger partial charge in [0.05, 0.1) is 18.0 Å². The molecule has 0 saturated carbocycles. The lowest BCUT2D eigenvalue weighted by molar-refractivity contribution is -0.113. The molecule has 8 heteroatoms. The predicted molar refractivity (Wildman–Crippen MR) is 109 cm³/mol. The minimum absolute atomic E-state index is 0.125. The standard InChI is InChI=1S/C18H16IN3O3S/c1-2-24-13-9-7-12(8-10-13)17-21-22-18(25-17)26-11-16(23)20-15-6-4-3-5-14(15)19/h3-10H,2,11H2,1H3,(H,20,23). The highest BCUT2D eigenvalue weighted by atomic mass is 127. The van der Waals surface area contributed by atoms with Crippen molar-refractivity contribution in [2.75, 3.05) is 17.7 Å². The molecule has 3 aromatic rings. The lowest BCUT2D eigenvalue weighted by atomic mass is 10.2. The largest absolute Gasteiger partial charge is 0.494 e. The highest BCUT2D eigenvalue weighted by Crippen LogP contribution is 2.25. The molecule has 0 aliphatic carbocycles. The van der Waals surface area contributed by atoms with Crippen molar-refractivity contribution in [2.45, 2.75) is 12.1 Å². The molecule has 2 aromatic carbocycles. The maximum atomic E-state index is 12.1. The zero-order chi connectivity index (χ0) is 18.4. The van der Waals surface area contributed by atoms with E-state index in [-0.39, 0.29) is 11.7 Å². The van der Waals surface area contributed by atoms with E-state index in [9.17, 15) is 4.79 Å². The van der Waals surface area contributed by atoms with Crippen molar-refractivity contribution < 1.29 is 13.9 Å². The second-order valence-corrected chi connectivity index (χ2v) is 7.24. The second-order valence-electron chi connectivity index (χ2n) is 5.15. The van der Waals surface area contributed by atoms with Crippen LogP contribution < -0.4 is 10.1 Å². The van der Waals surface area contributed by atoms with E-state index in [4.69, 9.17) is 9.15 Å². The van der Waals surface area contributed by atoms with Crippen LogP contribution in [0.4, 0.5) is 5.69 Å². The summed E-state index contributed by atoms with van der Waals surface area (Å²) in [5.41, 5.74) is 1.59. The van der Waals surface area contributed by atoms with E-state index in [1.165, 1.54) is 11.8 Å². The molecule has 26 heavy (non-hydrogen) atoms. The fourth-order valence-corrected chi connectivity index (χ4v) is 3.21. The van der Waals surface area contributed by atoms with Crippen molar-refractivity contribution in [3.63, 3.8) is 0 Å². The SMILES string of the molecule is CCOc1ccc(-c2nnc(SCC(=O)Nc3ccccc3I)o2)cc1. The number of anilines is 1. The van der Waals surface area contributed by atoms with Gasteiger partial charge in [-0.15, -0.1) is 10.2 Å². The van der Waals surface area contributed by atoms with Gasteiger partial charge >= 0.3 is 0 Å². The van der Waals surface area contributed by atoms with Gasteiger partial charge in [-0.25, -0.2) is 0 Å². The van der Waals surface area contributed by atoms with Crippen molar-refractivity contribution in [1.29, 1.82) is 0 Å². The summed E-state index contributed by atoms with van der Waals surface area (Å²) >= 11 is 3.38. The first kappa shape index (κ1) is 18.7. The minimum atomic E-state index is -0.125. The number of amides is 1. The summed E-state index contributed by atoms with van der Waals surface area (Å²) in [4.78, 5) is 12.1. The van der Waals surface area contributed by atoms with Gasteiger partial charge in [0.2, 0.25) is 11.8 Å². The molecule has 0 spiro atoms. The normalized spacial score (nSPS) is 10.5. The molecule has 0 atom stereocenters. The van der Waals surface area contributed by atoms with Crippen LogP contribution in [0.5, 0.6) is 5.75 Å². The molecular weight excluding hydrogens is 465 g/mol. The first-order chi connectivity index (χ1) is 12.7. The van der Waals surface area contributed by atoms with Crippen LogP contribution in [0.1, 0.15) is 6.92 Å². The Balaban J connectivity index is 1.56. The predicted octanol–water partition coefficient (Wildman–Crippen LogP) is 4.47. The van der Waals surface area contributed by atoms with E-state index >= 15 is 0 Å². The van der Waals surface area contributed by atoms with Crippen molar-refractivity contribution >= 4 is 45.9 Å². The van der Waals surface area contributed by atoms with Crippen LogP contribution in [-0.2, 0) is 4.79 Å². The first-order valence-electron chi connectivity index (χ1n) is 7.89. The molecule has 1 amide bonds. The summed E-state index contributed by atoms with van der Waals surface area (Å²) in [7, 11) is 0. The van der Waals surface area contributed by atoms with Crippen molar-refractivity contribution in [2.24, 2.45) is 0 Å². The lowest BCUT2D eigenvalue weighted by Gasteiger charge is -2.05. The Morgan fingerprint density at radius 2 is 1.96 bits per heavy atom. The number of halogens is 1. The Morgan fingerprint density at radius 1 is 1.19 bits per heavy atom. The van der Waals surface area contributed by atoms with Crippen LogP contribution in [0.2, 0.25) is 0 Å². The number of aromatic nitrogens is 2. The molecule has 0 aliphatic rings. The molecule has 1 heterocycles. The van der Waals surface area contributed by atoms with Crippen LogP contribution in [0.15, 0.2) is 58.2 Å². The number of ether oxygens (including phenoxy) is 1. The van der Waals surface area contributed by atoms with Crippen molar-refractivity contribution in [1.82, 2.24) is 10.2 Å². The van der Waals surface area contributed by atoms with Crippen LogP contribution in [0.25, 0.3) is 11.5 Å². The Morgan fingerprint density at radius 3 is 2.69 bits per heavy atom. The van der Waals surface area contributed by atoms with Gasteiger partial charge in [-0.05, 0) is 65.9 Å². The molecule has 0 aliphatic heterocycles. The molecule has 3 rings (SSSR count). The molecule has 0 bridgehead atoms. The average molecular weight is 481 g/mol. The molecule has 0 radical (unpaired) electrons. The van der Waals surface area contributed by atoms with Gasteiger partial charge in [0.15, 0.2) is 0 Å². The van der Waals surface area contributed by atoms with Crippen LogP contribution in [-0.4, -0.2) is 28.5 Å². The molecule has 1 N–H and O–H groups in total. The highest BCUT2D eigenvalue weighted by molar-refractivity contribution is 14.1. The van der Waals surface area contributed by atoms with Crippen molar-refractivity contribution in [3.8, 4) is 17.2 Å². The van der Waals surface area contributed by atoms with E-state index in [0.717, 1.165) is 20.6 Å². The zero-order valence-electron chi connectivity index (χ0n) is 13.9. The average Bonchev–Trinajstić information content (AvgIpc) is 3.12. The van der Waals surface area contributed by atoms with E-state index in [0.29, 0.717) is 17.7 Å². The second kappa shape index (κ2) is 9.04. The van der Waals surface area contributed by atoms with E-state index in [2.05, 4.69) is 38.1 Å². The maximum absolute atomic E-state index is 12.1. The van der Waals surface area contributed by atoms with Gasteiger partial charge in [-0.1, -0.05) is 23.9 Å². The first-order valence-corrected chi connectivity index (χ1v) is 9.96. The molecule has 0 saturated heterocycles. The van der Waals surface area contributed by atoms with Gasteiger partial charge in [-0.2, -0.15) is 0 Å². The number of carbonyl (C=O) groups excluding carboxylic acids is 1. The molecule has 0 fully saturated rings. The van der Waals surface area contributed by atoms with Gasteiger partial charge in [0, 0.05) is 9.13 Å². The number of carbonyl (C=O) groups is 1. The van der Waals surface area contributed by atoms with Crippen LogP contribution in [0, 0.1) is 3.57 Å². The van der Waals surface area contributed by atoms with E-state index < -0.39 is 0 Å². The third-order valence-electron chi connectivity index (χ3n) is 3.29. The van der Waals surface area contributed by atoms with Gasteiger partial charge in [-0.3, -0.25) is 4.79 Å².